The van der Waals surface area contributed by atoms with Crippen molar-refractivity contribution in [3.8, 4) is 0 Å². The van der Waals surface area contributed by atoms with Gasteiger partial charge in [-0.3, -0.25) is 4.79 Å². The fraction of sp³-hybridized carbons (Fsp3) is 0.800. The third-order valence-corrected chi connectivity index (χ3v) is 1.80. The molecule has 3 nitrogen and oxygen atoms in total. The number of amides is 1. The van der Waals surface area contributed by atoms with E-state index in [0.717, 1.165) is 38.6 Å². The zero-order valence-electron chi connectivity index (χ0n) is 8.51. The van der Waals surface area contributed by atoms with Gasteiger partial charge in [-0.05, 0) is 25.8 Å². The van der Waals surface area contributed by atoms with Crippen molar-refractivity contribution in [3.05, 3.63) is 6.54 Å². The maximum absolute atomic E-state index is 11.1. The molecule has 0 fully saturated rings. The molecule has 0 aliphatic heterocycles. The van der Waals surface area contributed by atoms with Gasteiger partial charge in [0.05, 0.1) is 0 Å². The quantitative estimate of drug-likeness (QED) is 0.564. The molecule has 0 atom stereocenters. The predicted molar refractivity (Wildman–Crippen MR) is 54.9 cm³/mol. The standard InChI is InChI=1S/C10H21N2O/c1-2-3-9-12-10(13)7-5-4-6-8-11/h9H,2-8,11H2,1H3,(H,12,13). The van der Waals surface area contributed by atoms with Crippen LogP contribution in [0.2, 0.25) is 0 Å². The normalized spacial score (nSPS) is 10.0. The van der Waals surface area contributed by atoms with Crippen molar-refractivity contribution in [2.75, 3.05) is 6.54 Å². The molecule has 0 aliphatic rings. The monoisotopic (exact) mass is 185 g/mol. The van der Waals surface area contributed by atoms with Crippen molar-refractivity contribution in [2.45, 2.75) is 45.4 Å². The van der Waals surface area contributed by atoms with Gasteiger partial charge in [0.15, 0.2) is 0 Å². The molecule has 1 amide bonds. The summed E-state index contributed by atoms with van der Waals surface area (Å²) >= 11 is 0. The molecule has 3 heteroatoms. The fourth-order valence-corrected chi connectivity index (χ4v) is 1.01. The van der Waals surface area contributed by atoms with Gasteiger partial charge in [0, 0.05) is 13.0 Å². The lowest BCUT2D eigenvalue weighted by Crippen LogP contribution is -2.19. The van der Waals surface area contributed by atoms with Gasteiger partial charge in [0.25, 0.3) is 0 Å². The van der Waals surface area contributed by atoms with Crippen molar-refractivity contribution in [2.24, 2.45) is 5.73 Å². The molecule has 0 unspecified atom stereocenters. The van der Waals surface area contributed by atoms with Gasteiger partial charge in [-0.2, -0.15) is 0 Å². The molecule has 0 saturated carbocycles. The molecule has 1 radical (unpaired) electrons. The van der Waals surface area contributed by atoms with Crippen LogP contribution in [0.5, 0.6) is 0 Å². The van der Waals surface area contributed by atoms with E-state index in [0.29, 0.717) is 6.42 Å². The molecule has 0 bridgehead atoms. The Morgan fingerprint density at radius 3 is 2.77 bits per heavy atom. The molecule has 0 heterocycles. The van der Waals surface area contributed by atoms with Crippen LogP contribution in [-0.4, -0.2) is 12.5 Å². The minimum atomic E-state index is 0.130. The molecular formula is C10H21N2O. The van der Waals surface area contributed by atoms with Crippen LogP contribution < -0.4 is 11.1 Å². The van der Waals surface area contributed by atoms with Crippen molar-refractivity contribution in [3.63, 3.8) is 0 Å². The Morgan fingerprint density at radius 2 is 2.15 bits per heavy atom. The van der Waals surface area contributed by atoms with Crippen LogP contribution in [0.3, 0.4) is 0 Å². The van der Waals surface area contributed by atoms with Crippen LogP contribution in [0.1, 0.15) is 45.4 Å². The molecule has 0 aromatic rings. The average molecular weight is 185 g/mol. The lowest BCUT2D eigenvalue weighted by Gasteiger charge is -2.02. The second-order valence-electron chi connectivity index (χ2n) is 3.16. The van der Waals surface area contributed by atoms with Crippen LogP contribution in [0, 0.1) is 6.54 Å². The lowest BCUT2D eigenvalue weighted by atomic mass is 10.2. The fourth-order valence-electron chi connectivity index (χ4n) is 1.01. The van der Waals surface area contributed by atoms with Crippen LogP contribution >= 0.6 is 0 Å². The predicted octanol–water partition coefficient (Wildman–Crippen LogP) is 1.58. The van der Waals surface area contributed by atoms with Gasteiger partial charge >= 0.3 is 0 Å². The van der Waals surface area contributed by atoms with Crippen molar-refractivity contribution < 1.29 is 4.79 Å². The molecule has 77 valence electrons. The Hall–Kier alpha value is -0.570. The summed E-state index contributed by atoms with van der Waals surface area (Å²) in [6, 6.07) is 0. The Balaban J connectivity index is 3.11. The number of nitrogens with two attached hydrogens (primary N) is 1. The third kappa shape index (κ3) is 9.34. The molecular weight excluding hydrogens is 164 g/mol. The van der Waals surface area contributed by atoms with Crippen molar-refractivity contribution in [1.29, 1.82) is 0 Å². The smallest absolute Gasteiger partial charge is 0.220 e. The highest BCUT2D eigenvalue weighted by molar-refractivity contribution is 5.76. The Kier molecular flexibility index (Phi) is 9.10. The summed E-state index contributed by atoms with van der Waals surface area (Å²) in [5.74, 6) is 0.130. The maximum Gasteiger partial charge on any atom is 0.220 e. The second kappa shape index (κ2) is 9.52. The van der Waals surface area contributed by atoms with Crippen LogP contribution in [0.25, 0.3) is 0 Å². The van der Waals surface area contributed by atoms with E-state index in [2.05, 4.69) is 12.2 Å². The zero-order chi connectivity index (χ0) is 9.94. The van der Waals surface area contributed by atoms with E-state index >= 15 is 0 Å². The van der Waals surface area contributed by atoms with Gasteiger partial charge < -0.3 is 11.1 Å². The summed E-state index contributed by atoms with van der Waals surface area (Å²) < 4.78 is 0. The van der Waals surface area contributed by atoms with Gasteiger partial charge in [0.2, 0.25) is 5.91 Å². The number of carbonyl (C=O) groups is 1. The van der Waals surface area contributed by atoms with E-state index in [1.165, 1.54) is 0 Å². The van der Waals surface area contributed by atoms with Gasteiger partial charge in [-0.25, -0.2) is 0 Å². The minimum Gasteiger partial charge on any atom is -0.351 e. The first-order chi connectivity index (χ1) is 6.31. The molecule has 0 rings (SSSR count). The third-order valence-electron chi connectivity index (χ3n) is 1.80. The van der Waals surface area contributed by atoms with E-state index in [4.69, 9.17) is 5.73 Å². The van der Waals surface area contributed by atoms with Crippen LogP contribution in [-0.2, 0) is 4.79 Å². The molecule has 0 aliphatic carbocycles. The molecule has 13 heavy (non-hydrogen) atoms. The topological polar surface area (TPSA) is 55.1 Å². The average Bonchev–Trinajstić information content (AvgIpc) is 2.13. The Bertz CT molecular complexity index is 126. The van der Waals surface area contributed by atoms with Crippen molar-refractivity contribution in [1.82, 2.24) is 5.32 Å². The first kappa shape index (κ1) is 12.4. The maximum atomic E-state index is 11.1. The largest absolute Gasteiger partial charge is 0.351 e. The summed E-state index contributed by atoms with van der Waals surface area (Å²) in [5, 5.41) is 2.77. The highest BCUT2D eigenvalue weighted by atomic mass is 16.1. The zero-order valence-corrected chi connectivity index (χ0v) is 8.51. The summed E-state index contributed by atoms with van der Waals surface area (Å²) in [6.07, 6.45) is 5.68. The van der Waals surface area contributed by atoms with Gasteiger partial charge in [0.1, 0.15) is 0 Å². The highest BCUT2D eigenvalue weighted by Crippen LogP contribution is 1.98. The Morgan fingerprint density at radius 1 is 1.38 bits per heavy atom. The van der Waals surface area contributed by atoms with E-state index in [9.17, 15) is 4.79 Å². The van der Waals surface area contributed by atoms with E-state index in [1.54, 1.807) is 0 Å². The molecule has 0 aromatic heterocycles. The summed E-state index contributed by atoms with van der Waals surface area (Å²) in [5.41, 5.74) is 5.34. The Labute approximate surface area is 81.1 Å². The molecule has 0 spiro atoms. The highest BCUT2D eigenvalue weighted by Gasteiger charge is 1.99. The lowest BCUT2D eigenvalue weighted by molar-refractivity contribution is -0.120. The van der Waals surface area contributed by atoms with Gasteiger partial charge in [-0.1, -0.05) is 19.8 Å². The van der Waals surface area contributed by atoms with E-state index < -0.39 is 0 Å². The number of hydrogen-bond acceptors (Lipinski definition) is 2. The van der Waals surface area contributed by atoms with E-state index in [1.807, 2.05) is 6.54 Å². The number of rotatable bonds is 8. The minimum absolute atomic E-state index is 0.130. The van der Waals surface area contributed by atoms with Crippen molar-refractivity contribution >= 4 is 5.91 Å². The van der Waals surface area contributed by atoms with Gasteiger partial charge in [-0.15, -0.1) is 0 Å². The number of nitrogens with one attached hydrogen (secondary N) is 1. The van der Waals surface area contributed by atoms with Crippen LogP contribution in [0.15, 0.2) is 0 Å². The summed E-state index contributed by atoms with van der Waals surface area (Å²) in [4.78, 5) is 11.1. The first-order valence-corrected chi connectivity index (χ1v) is 5.12. The summed E-state index contributed by atoms with van der Waals surface area (Å²) in [7, 11) is 0. The van der Waals surface area contributed by atoms with Crippen LogP contribution in [0.4, 0.5) is 0 Å². The molecule has 3 N–H and O–H groups in total. The molecule has 0 aromatic carbocycles. The SMILES string of the molecule is CCC[CH]NC(=O)CCCCCN. The summed E-state index contributed by atoms with van der Waals surface area (Å²) in [6.45, 7) is 4.65. The van der Waals surface area contributed by atoms with E-state index in [-0.39, 0.29) is 5.91 Å². The second-order valence-corrected chi connectivity index (χ2v) is 3.16. The number of unbranched alkanes of at least 4 members (excludes halogenated alkanes) is 3. The molecule has 0 saturated heterocycles. The number of hydrogen-bond donors (Lipinski definition) is 2. The number of carbonyl (C=O) groups excluding carboxylic acids is 1. The first-order valence-electron chi connectivity index (χ1n) is 5.12.